The first-order valence-corrected chi connectivity index (χ1v) is 9.57. The fourth-order valence-electron chi connectivity index (χ4n) is 2.84. The van der Waals surface area contributed by atoms with E-state index in [4.69, 9.17) is 0 Å². The van der Waals surface area contributed by atoms with Gasteiger partial charge in [0.2, 0.25) is 0 Å². The lowest BCUT2D eigenvalue weighted by atomic mass is 10.1. The van der Waals surface area contributed by atoms with Crippen LogP contribution in [0.4, 0.5) is 0 Å². The van der Waals surface area contributed by atoms with E-state index in [0.717, 1.165) is 16.1 Å². The van der Waals surface area contributed by atoms with Gasteiger partial charge >= 0.3 is 0 Å². The fraction of sp³-hybridized carbons (Fsp3) is 0. The molecule has 7 heteroatoms. The highest BCUT2D eigenvalue weighted by molar-refractivity contribution is 7.31. The summed E-state index contributed by atoms with van der Waals surface area (Å²) in [5.74, 6) is 0. The molecule has 1 aromatic carbocycles. The Morgan fingerprint density at radius 3 is 2.27 bits per heavy atom. The Labute approximate surface area is 156 Å². The topological polar surface area (TPSA) is 74.4 Å². The molecule has 0 aliphatic heterocycles. The maximum absolute atomic E-state index is 11.5. The summed E-state index contributed by atoms with van der Waals surface area (Å²) >= 11 is 3.41. The highest BCUT2D eigenvalue weighted by Crippen LogP contribution is 2.41. The Morgan fingerprint density at radius 1 is 0.808 bits per heavy atom. The minimum absolute atomic E-state index is 0.134. The molecule has 0 radical (unpaired) electrons. The van der Waals surface area contributed by atoms with Gasteiger partial charge in [0.05, 0.1) is 35.1 Å². The molecule has 126 valence electrons. The monoisotopic (exact) mass is 376 g/mol. The second-order valence-corrected chi connectivity index (χ2v) is 7.96. The van der Waals surface area contributed by atoms with E-state index in [-0.39, 0.29) is 5.56 Å². The van der Waals surface area contributed by atoms with Crippen LogP contribution in [0.2, 0.25) is 0 Å². The Morgan fingerprint density at radius 2 is 1.54 bits per heavy atom. The van der Waals surface area contributed by atoms with Gasteiger partial charge in [-0.1, -0.05) is 24.3 Å². The number of rotatable bonds is 3. The van der Waals surface area contributed by atoms with E-state index < -0.39 is 0 Å². The molecule has 0 amide bonds. The minimum atomic E-state index is -0.134. The van der Waals surface area contributed by atoms with E-state index in [0.29, 0.717) is 5.69 Å². The number of fused-ring (bicyclic) bond motifs is 1. The molecule has 0 saturated carbocycles. The Hall–Kier alpha value is -3.03. The summed E-state index contributed by atoms with van der Waals surface area (Å²) in [5.41, 5.74) is 3.90. The highest BCUT2D eigenvalue weighted by Gasteiger charge is 2.11. The van der Waals surface area contributed by atoms with Gasteiger partial charge in [-0.3, -0.25) is 4.79 Å². The summed E-state index contributed by atoms with van der Waals surface area (Å²) in [6, 6.07) is 14.3. The third-order valence-electron chi connectivity index (χ3n) is 4.12. The summed E-state index contributed by atoms with van der Waals surface area (Å²) in [7, 11) is 0. The van der Waals surface area contributed by atoms with E-state index in [1.165, 1.54) is 32.2 Å². The molecular formula is C19H12N4OS2. The zero-order chi connectivity index (χ0) is 17.5. The maximum Gasteiger partial charge on any atom is 0.251 e. The van der Waals surface area contributed by atoms with Gasteiger partial charge in [0.1, 0.15) is 0 Å². The van der Waals surface area contributed by atoms with Gasteiger partial charge in [0.25, 0.3) is 5.56 Å². The first-order valence-electron chi connectivity index (χ1n) is 7.94. The van der Waals surface area contributed by atoms with Crippen molar-refractivity contribution in [3.05, 3.63) is 71.7 Å². The van der Waals surface area contributed by atoms with Crippen LogP contribution in [0, 0.1) is 0 Å². The molecule has 4 heterocycles. The molecule has 2 N–H and O–H groups in total. The molecule has 5 rings (SSSR count). The molecule has 0 fully saturated rings. The number of thiophene rings is 2. The summed E-state index contributed by atoms with van der Waals surface area (Å²) in [5, 5.41) is 0. The van der Waals surface area contributed by atoms with Gasteiger partial charge in [-0.25, -0.2) is 9.97 Å². The van der Waals surface area contributed by atoms with Crippen molar-refractivity contribution in [2.24, 2.45) is 0 Å². The molecule has 0 unspecified atom stereocenters. The highest BCUT2D eigenvalue weighted by atomic mass is 32.1. The molecule has 0 saturated heterocycles. The first kappa shape index (κ1) is 15.2. The van der Waals surface area contributed by atoms with Gasteiger partial charge in [0.15, 0.2) is 0 Å². The summed E-state index contributed by atoms with van der Waals surface area (Å²) in [4.78, 5) is 27.7. The molecular weight excluding hydrogens is 364 g/mol. The number of hydrogen-bond acceptors (Lipinski definition) is 5. The smallest absolute Gasteiger partial charge is 0.251 e. The lowest BCUT2D eigenvalue weighted by molar-refractivity contribution is 1.13. The average Bonchev–Trinajstić information content (AvgIpc) is 3.38. The fourth-order valence-corrected chi connectivity index (χ4v) is 5.20. The maximum atomic E-state index is 11.5. The van der Waals surface area contributed by atoms with Crippen molar-refractivity contribution in [3.8, 4) is 32.3 Å². The van der Waals surface area contributed by atoms with Crippen molar-refractivity contribution < 1.29 is 0 Å². The molecule has 0 aliphatic carbocycles. The second kappa shape index (κ2) is 6.05. The van der Waals surface area contributed by atoms with Crippen molar-refractivity contribution in [1.29, 1.82) is 0 Å². The van der Waals surface area contributed by atoms with E-state index >= 15 is 0 Å². The van der Waals surface area contributed by atoms with Crippen molar-refractivity contribution in [2.75, 3.05) is 0 Å². The molecule has 0 spiro atoms. The summed E-state index contributed by atoms with van der Waals surface area (Å²) in [6.07, 6.45) is 4.95. The van der Waals surface area contributed by atoms with Crippen LogP contribution in [-0.4, -0.2) is 19.9 Å². The van der Waals surface area contributed by atoms with Crippen LogP contribution in [0.3, 0.4) is 0 Å². The van der Waals surface area contributed by atoms with Gasteiger partial charge in [-0.2, -0.15) is 0 Å². The predicted molar refractivity (Wildman–Crippen MR) is 107 cm³/mol. The third-order valence-corrected chi connectivity index (χ3v) is 6.48. The van der Waals surface area contributed by atoms with Crippen LogP contribution in [-0.2, 0) is 0 Å². The Kier molecular flexibility index (Phi) is 3.55. The number of aromatic amines is 2. The second-order valence-electron chi connectivity index (χ2n) is 5.79. The molecule has 5 aromatic rings. The lowest BCUT2D eigenvalue weighted by Crippen LogP contribution is -2.03. The van der Waals surface area contributed by atoms with Gasteiger partial charge in [0, 0.05) is 20.3 Å². The Bertz CT molecular complexity index is 1220. The van der Waals surface area contributed by atoms with E-state index in [2.05, 4.69) is 56.3 Å². The normalized spacial score (nSPS) is 11.2. The molecule has 4 aromatic heterocycles. The van der Waals surface area contributed by atoms with E-state index in [1.807, 2.05) is 6.20 Å². The lowest BCUT2D eigenvalue weighted by Gasteiger charge is -2.00. The van der Waals surface area contributed by atoms with Gasteiger partial charge in [-0.05, 0) is 23.3 Å². The number of nitrogens with zero attached hydrogens (tertiary/aromatic N) is 2. The quantitative estimate of drug-likeness (QED) is 0.476. The molecule has 5 nitrogen and oxygen atoms in total. The molecule has 0 atom stereocenters. The van der Waals surface area contributed by atoms with Gasteiger partial charge in [-0.15, -0.1) is 22.7 Å². The predicted octanol–water partition coefficient (Wildman–Crippen LogP) is 4.77. The van der Waals surface area contributed by atoms with Crippen LogP contribution in [0.25, 0.3) is 41.7 Å². The largest absolute Gasteiger partial charge is 0.345 e. The minimum Gasteiger partial charge on any atom is -0.345 e. The van der Waals surface area contributed by atoms with Crippen LogP contribution in [0.1, 0.15) is 0 Å². The molecule has 0 bridgehead atoms. The van der Waals surface area contributed by atoms with Crippen molar-refractivity contribution in [1.82, 2.24) is 19.9 Å². The van der Waals surface area contributed by atoms with Gasteiger partial charge < -0.3 is 9.97 Å². The summed E-state index contributed by atoms with van der Waals surface area (Å²) < 4.78 is 2.42. The number of aromatic nitrogens is 4. The average molecular weight is 376 g/mol. The number of imidazole rings is 1. The van der Waals surface area contributed by atoms with Crippen LogP contribution >= 0.6 is 22.7 Å². The number of benzene rings is 1. The standard InChI is InChI=1S/C19H12N4OS2/c24-19-5-13(22-10-23-19)16-7-18-17(26-16)6-15(25-18)12-3-1-11(2-4-12)14-8-20-9-21-14/h1-10H,(H,20,21)(H,22,23,24). The first-order chi connectivity index (χ1) is 12.8. The van der Waals surface area contributed by atoms with Crippen molar-refractivity contribution >= 4 is 32.1 Å². The van der Waals surface area contributed by atoms with Crippen molar-refractivity contribution in [2.45, 2.75) is 0 Å². The zero-order valence-corrected chi connectivity index (χ0v) is 15.0. The van der Waals surface area contributed by atoms with Crippen molar-refractivity contribution in [3.63, 3.8) is 0 Å². The molecule has 0 aliphatic rings. The van der Waals surface area contributed by atoms with E-state index in [9.17, 15) is 4.79 Å². The van der Waals surface area contributed by atoms with Crippen LogP contribution in [0.5, 0.6) is 0 Å². The van der Waals surface area contributed by atoms with Crippen LogP contribution in [0.15, 0.2) is 66.1 Å². The Balaban J connectivity index is 1.48. The summed E-state index contributed by atoms with van der Waals surface area (Å²) in [6.45, 7) is 0. The SMILES string of the molecule is O=c1cc(-c2cc3sc(-c4ccc(-c5cnc[nH]5)cc4)cc3s2)nc[nH]1. The number of H-pyrrole nitrogens is 2. The third kappa shape index (κ3) is 2.67. The zero-order valence-electron chi connectivity index (χ0n) is 13.4. The van der Waals surface area contributed by atoms with Crippen LogP contribution < -0.4 is 5.56 Å². The van der Waals surface area contributed by atoms with E-state index in [1.54, 1.807) is 29.0 Å². The number of nitrogens with one attached hydrogen (secondary N) is 2. The number of hydrogen-bond donors (Lipinski definition) is 2. The molecule has 26 heavy (non-hydrogen) atoms.